The second-order valence-electron chi connectivity index (χ2n) is 6.13. The third kappa shape index (κ3) is 1.87. The molecule has 2 aliphatic carbocycles. The van der Waals surface area contributed by atoms with Crippen LogP contribution in [0.1, 0.15) is 52.4 Å². The molecule has 2 atom stereocenters. The van der Waals surface area contributed by atoms with Crippen molar-refractivity contribution in [2.24, 2.45) is 16.7 Å². The minimum Gasteiger partial charge on any atom is -0.396 e. The third-order valence-electron chi connectivity index (χ3n) is 4.87. The number of hydrogen-bond donors (Lipinski definition) is 1. The van der Waals surface area contributed by atoms with E-state index in [1.807, 2.05) is 0 Å². The van der Waals surface area contributed by atoms with E-state index < -0.39 is 0 Å². The maximum atomic E-state index is 9.35. The van der Waals surface area contributed by atoms with E-state index in [1.165, 1.54) is 38.5 Å². The van der Waals surface area contributed by atoms with Crippen molar-refractivity contribution < 1.29 is 5.11 Å². The molecule has 2 unspecified atom stereocenters. The Hall–Kier alpha value is -0.300. The van der Waals surface area contributed by atoms with Crippen LogP contribution in [0.5, 0.6) is 0 Å². The summed E-state index contributed by atoms with van der Waals surface area (Å²) in [6, 6.07) is 0. The van der Waals surface area contributed by atoms with E-state index in [2.05, 4.69) is 26.0 Å². The molecular weight excluding hydrogens is 184 g/mol. The average Bonchev–Trinajstić information content (AvgIpc) is 2.23. The van der Waals surface area contributed by atoms with Crippen molar-refractivity contribution in [3.05, 3.63) is 12.2 Å². The Morgan fingerprint density at radius 2 is 2.13 bits per heavy atom. The first kappa shape index (κ1) is 11.2. The zero-order valence-electron chi connectivity index (χ0n) is 10.1. The summed E-state index contributed by atoms with van der Waals surface area (Å²) in [5.74, 6) is 0.542. The molecule has 0 radical (unpaired) electrons. The van der Waals surface area contributed by atoms with Crippen LogP contribution in [0.2, 0.25) is 0 Å². The van der Waals surface area contributed by atoms with Gasteiger partial charge in [0.1, 0.15) is 0 Å². The minimum atomic E-state index is 0.381. The Morgan fingerprint density at radius 1 is 1.33 bits per heavy atom. The summed E-state index contributed by atoms with van der Waals surface area (Å²) in [4.78, 5) is 0. The lowest BCUT2D eigenvalue weighted by molar-refractivity contribution is 0.0192. The molecule has 1 heteroatoms. The lowest BCUT2D eigenvalue weighted by Crippen LogP contribution is -2.42. The van der Waals surface area contributed by atoms with Crippen LogP contribution >= 0.6 is 0 Å². The van der Waals surface area contributed by atoms with Gasteiger partial charge in [-0.1, -0.05) is 32.4 Å². The molecule has 1 N–H and O–H groups in total. The number of rotatable bonds is 1. The molecular formula is C14H24O. The van der Waals surface area contributed by atoms with Gasteiger partial charge in [-0.3, -0.25) is 0 Å². The number of aliphatic hydroxyl groups is 1. The van der Waals surface area contributed by atoms with E-state index >= 15 is 0 Å². The summed E-state index contributed by atoms with van der Waals surface area (Å²) in [5.41, 5.74) is 0.812. The maximum absolute atomic E-state index is 9.35. The largest absolute Gasteiger partial charge is 0.396 e. The highest BCUT2D eigenvalue weighted by molar-refractivity contribution is 5.12. The van der Waals surface area contributed by atoms with Gasteiger partial charge in [-0.25, -0.2) is 0 Å². The first-order chi connectivity index (χ1) is 7.10. The van der Waals surface area contributed by atoms with Gasteiger partial charge in [-0.15, -0.1) is 0 Å². The Kier molecular flexibility index (Phi) is 2.94. The first-order valence-corrected chi connectivity index (χ1v) is 6.38. The summed E-state index contributed by atoms with van der Waals surface area (Å²) in [7, 11) is 0. The highest BCUT2D eigenvalue weighted by atomic mass is 16.3. The molecule has 0 amide bonds. The fourth-order valence-corrected chi connectivity index (χ4v) is 3.57. The topological polar surface area (TPSA) is 20.2 Å². The quantitative estimate of drug-likeness (QED) is 0.654. The van der Waals surface area contributed by atoms with E-state index in [0.29, 0.717) is 23.4 Å². The van der Waals surface area contributed by atoms with Crippen LogP contribution in [-0.2, 0) is 0 Å². The number of hydrogen-bond acceptors (Lipinski definition) is 1. The van der Waals surface area contributed by atoms with Gasteiger partial charge in [0.25, 0.3) is 0 Å². The molecule has 0 aromatic carbocycles. The van der Waals surface area contributed by atoms with Crippen LogP contribution in [-0.4, -0.2) is 11.7 Å². The summed E-state index contributed by atoms with van der Waals surface area (Å²) in [5, 5.41) is 9.35. The lowest BCUT2D eigenvalue weighted by Gasteiger charge is -2.51. The Morgan fingerprint density at radius 3 is 2.80 bits per heavy atom. The van der Waals surface area contributed by atoms with Gasteiger partial charge in [-0.05, 0) is 48.9 Å². The van der Waals surface area contributed by atoms with Gasteiger partial charge >= 0.3 is 0 Å². The van der Waals surface area contributed by atoms with Crippen molar-refractivity contribution in [1.82, 2.24) is 0 Å². The smallest absolute Gasteiger partial charge is 0.0459 e. The molecule has 0 saturated heterocycles. The maximum Gasteiger partial charge on any atom is 0.0459 e. The van der Waals surface area contributed by atoms with Crippen LogP contribution < -0.4 is 0 Å². The van der Waals surface area contributed by atoms with E-state index in [0.717, 1.165) is 0 Å². The van der Waals surface area contributed by atoms with Crippen LogP contribution in [0.15, 0.2) is 12.2 Å². The van der Waals surface area contributed by atoms with Crippen LogP contribution in [0.3, 0.4) is 0 Å². The summed E-state index contributed by atoms with van der Waals surface area (Å²) in [6.07, 6.45) is 12.4. The van der Waals surface area contributed by atoms with Gasteiger partial charge in [-0.2, -0.15) is 0 Å². The molecule has 86 valence electrons. The van der Waals surface area contributed by atoms with Gasteiger partial charge in [0, 0.05) is 6.61 Å². The van der Waals surface area contributed by atoms with Crippen LogP contribution in [0, 0.1) is 16.7 Å². The normalized spacial score (nSPS) is 39.5. The van der Waals surface area contributed by atoms with E-state index in [4.69, 9.17) is 0 Å². The molecule has 2 aliphatic rings. The summed E-state index contributed by atoms with van der Waals surface area (Å²) < 4.78 is 0. The second kappa shape index (κ2) is 3.93. The second-order valence-corrected chi connectivity index (χ2v) is 6.13. The molecule has 1 saturated carbocycles. The van der Waals surface area contributed by atoms with Crippen molar-refractivity contribution in [3.8, 4) is 0 Å². The highest BCUT2D eigenvalue weighted by Gasteiger charge is 2.46. The fraction of sp³-hybridized carbons (Fsp3) is 0.857. The standard InChI is InChI=1S/C14H24O/c1-13(2)7-3-4-8-14(13)9-5-6-12(10-14)11-15/h4,8,12,15H,3,5-7,9-11H2,1-2H3. The number of aliphatic hydroxyl groups excluding tert-OH is 1. The van der Waals surface area contributed by atoms with E-state index in [9.17, 15) is 5.11 Å². The SMILES string of the molecule is CC1(C)CCC=CC12CCCC(CO)C2. The third-order valence-corrected chi connectivity index (χ3v) is 4.87. The predicted molar refractivity (Wildman–Crippen MR) is 63.6 cm³/mol. The van der Waals surface area contributed by atoms with Gasteiger partial charge in [0.05, 0.1) is 0 Å². The monoisotopic (exact) mass is 208 g/mol. The Labute approximate surface area is 93.6 Å². The summed E-state index contributed by atoms with van der Waals surface area (Å²) >= 11 is 0. The number of allylic oxidation sites excluding steroid dienone is 2. The Bertz CT molecular complexity index is 254. The molecule has 1 spiro atoms. The zero-order chi connectivity index (χ0) is 10.9. The van der Waals surface area contributed by atoms with Crippen molar-refractivity contribution >= 4 is 0 Å². The summed E-state index contributed by atoms with van der Waals surface area (Å²) in [6.45, 7) is 5.21. The van der Waals surface area contributed by atoms with Crippen molar-refractivity contribution in [2.75, 3.05) is 6.61 Å². The molecule has 2 rings (SSSR count). The van der Waals surface area contributed by atoms with Crippen molar-refractivity contribution in [1.29, 1.82) is 0 Å². The van der Waals surface area contributed by atoms with Crippen LogP contribution in [0.4, 0.5) is 0 Å². The molecule has 1 nitrogen and oxygen atoms in total. The van der Waals surface area contributed by atoms with Crippen molar-refractivity contribution in [2.45, 2.75) is 52.4 Å². The molecule has 0 aliphatic heterocycles. The van der Waals surface area contributed by atoms with Gasteiger partial charge in [0.15, 0.2) is 0 Å². The van der Waals surface area contributed by atoms with Crippen molar-refractivity contribution in [3.63, 3.8) is 0 Å². The minimum absolute atomic E-state index is 0.381. The molecule has 0 bridgehead atoms. The zero-order valence-corrected chi connectivity index (χ0v) is 10.1. The van der Waals surface area contributed by atoms with E-state index in [1.54, 1.807) is 0 Å². The molecule has 0 aromatic heterocycles. The predicted octanol–water partition coefficient (Wildman–Crippen LogP) is 3.53. The average molecular weight is 208 g/mol. The molecule has 0 aromatic rings. The highest BCUT2D eigenvalue weighted by Crippen LogP contribution is 2.56. The Balaban J connectivity index is 2.22. The molecule has 15 heavy (non-hydrogen) atoms. The lowest BCUT2D eigenvalue weighted by atomic mass is 9.53. The first-order valence-electron chi connectivity index (χ1n) is 6.38. The fourth-order valence-electron chi connectivity index (χ4n) is 3.57. The van der Waals surface area contributed by atoms with Crippen LogP contribution in [0.25, 0.3) is 0 Å². The molecule has 0 heterocycles. The van der Waals surface area contributed by atoms with Gasteiger partial charge in [0.2, 0.25) is 0 Å². The van der Waals surface area contributed by atoms with Gasteiger partial charge < -0.3 is 5.11 Å². The van der Waals surface area contributed by atoms with E-state index in [-0.39, 0.29) is 0 Å². The molecule has 1 fully saturated rings.